The Labute approximate surface area is 119 Å². The SMILES string of the molecule is CC(=O)O/N=C\c1ccc(-c2ccc(Cl)cc2Cl)o1. The van der Waals surface area contributed by atoms with Crippen molar-refractivity contribution in [3.63, 3.8) is 0 Å². The van der Waals surface area contributed by atoms with E-state index in [2.05, 4.69) is 9.99 Å². The Morgan fingerprint density at radius 2 is 2.11 bits per heavy atom. The molecule has 4 nitrogen and oxygen atoms in total. The van der Waals surface area contributed by atoms with Crippen molar-refractivity contribution in [1.29, 1.82) is 0 Å². The van der Waals surface area contributed by atoms with Crippen LogP contribution in [0.2, 0.25) is 10.0 Å². The minimum atomic E-state index is -0.497. The van der Waals surface area contributed by atoms with Crippen molar-refractivity contribution in [3.05, 3.63) is 46.1 Å². The van der Waals surface area contributed by atoms with Crippen LogP contribution in [0.4, 0.5) is 0 Å². The maximum Gasteiger partial charge on any atom is 0.331 e. The van der Waals surface area contributed by atoms with Crippen LogP contribution in [0.25, 0.3) is 11.3 Å². The van der Waals surface area contributed by atoms with Crippen molar-refractivity contribution in [3.8, 4) is 11.3 Å². The largest absolute Gasteiger partial charge is 0.455 e. The number of carbonyl (C=O) groups excluding carboxylic acids is 1. The summed E-state index contributed by atoms with van der Waals surface area (Å²) in [6.45, 7) is 1.26. The highest BCUT2D eigenvalue weighted by Crippen LogP contribution is 2.31. The van der Waals surface area contributed by atoms with Gasteiger partial charge in [-0.05, 0) is 30.3 Å². The van der Waals surface area contributed by atoms with Gasteiger partial charge in [-0.15, -0.1) is 0 Å². The van der Waals surface area contributed by atoms with Crippen LogP contribution < -0.4 is 0 Å². The Morgan fingerprint density at radius 1 is 1.32 bits per heavy atom. The second-order valence-corrected chi connectivity index (χ2v) is 4.49. The number of furan rings is 1. The molecule has 0 aliphatic carbocycles. The van der Waals surface area contributed by atoms with Crippen molar-refractivity contribution in [1.82, 2.24) is 0 Å². The summed E-state index contributed by atoms with van der Waals surface area (Å²) in [7, 11) is 0. The number of carbonyl (C=O) groups is 1. The molecule has 0 unspecified atom stereocenters. The molecule has 0 spiro atoms. The molecule has 0 fully saturated rings. The normalized spacial score (nSPS) is 10.9. The highest BCUT2D eigenvalue weighted by Gasteiger charge is 2.08. The number of oxime groups is 1. The topological polar surface area (TPSA) is 51.8 Å². The summed E-state index contributed by atoms with van der Waals surface area (Å²) in [5.74, 6) is 0.525. The minimum absolute atomic E-state index is 0.447. The zero-order valence-electron chi connectivity index (χ0n) is 9.89. The zero-order valence-corrected chi connectivity index (χ0v) is 11.4. The molecule has 2 aromatic rings. The molecule has 0 bridgehead atoms. The van der Waals surface area contributed by atoms with Crippen LogP contribution in [0.15, 0.2) is 39.9 Å². The van der Waals surface area contributed by atoms with Gasteiger partial charge in [-0.25, -0.2) is 4.79 Å². The number of rotatable bonds is 3. The van der Waals surface area contributed by atoms with Crippen LogP contribution in [0.3, 0.4) is 0 Å². The van der Waals surface area contributed by atoms with E-state index in [0.29, 0.717) is 21.6 Å². The molecule has 0 aliphatic heterocycles. The second kappa shape index (κ2) is 5.91. The fraction of sp³-hybridized carbons (Fsp3) is 0.0769. The second-order valence-electron chi connectivity index (χ2n) is 3.64. The maximum atomic E-state index is 10.5. The molecular weight excluding hydrogens is 289 g/mol. The predicted octanol–water partition coefficient (Wildman–Crippen LogP) is 4.15. The van der Waals surface area contributed by atoms with E-state index in [0.717, 1.165) is 5.56 Å². The summed E-state index contributed by atoms with van der Waals surface area (Å²) in [6.07, 6.45) is 1.30. The number of halogens is 2. The van der Waals surface area contributed by atoms with Crippen molar-refractivity contribution in [2.24, 2.45) is 5.16 Å². The lowest BCUT2D eigenvalue weighted by Gasteiger charge is -2.00. The Morgan fingerprint density at radius 3 is 2.79 bits per heavy atom. The van der Waals surface area contributed by atoms with Crippen LogP contribution in [-0.4, -0.2) is 12.2 Å². The maximum absolute atomic E-state index is 10.5. The minimum Gasteiger partial charge on any atom is -0.455 e. The third-order valence-corrected chi connectivity index (χ3v) is 2.73. The van der Waals surface area contributed by atoms with Gasteiger partial charge in [0.2, 0.25) is 0 Å². The Bertz CT molecular complexity index is 635. The van der Waals surface area contributed by atoms with Crippen molar-refractivity contribution < 1.29 is 14.0 Å². The van der Waals surface area contributed by atoms with Gasteiger partial charge in [-0.1, -0.05) is 28.4 Å². The van der Waals surface area contributed by atoms with E-state index in [1.807, 2.05) is 0 Å². The van der Waals surface area contributed by atoms with Gasteiger partial charge in [0.25, 0.3) is 0 Å². The van der Waals surface area contributed by atoms with Gasteiger partial charge in [0.15, 0.2) is 0 Å². The highest BCUT2D eigenvalue weighted by molar-refractivity contribution is 6.36. The van der Waals surface area contributed by atoms with Crippen molar-refractivity contribution in [2.75, 3.05) is 0 Å². The van der Waals surface area contributed by atoms with Crippen LogP contribution in [-0.2, 0) is 9.63 Å². The first-order chi connectivity index (χ1) is 9.06. The molecule has 0 atom stereocenters. The Kier molecular flexibility index (Phi) is 4.24. The third-order valence-electron chi connectivity index (χ3n) is 2.18. The Hall–Kier alpha value is -1.78. The summed E-state index contributed by atoms with van der Waals surface area (Å²) in [6, 6.07) is 8.54. The molecule has 98 valence electrons. The quantitative estimate of drug-likeness (QED) is 0.486. The van der Waals surface area contributed by atoms with E-state index >= 15 is 0 Å². The van der Waals surface area contributed by atoms with Gasteiger partial charge in [0, 0.05) is 17.5 Å². The standard InChI is InChI=1S/C13H9Cl2NO3/c1-8(17)19-16-7-10-3-5-13(18-10)11-4-2-9(14)6-12(11)15/h2-7H,1H3/b16-7-. The molecule has 1 heterocycles. The molecular formula is C13H9Cl2NO3. The first-order valence-electron chi connectivity index (χ1n) is 5.32. The summed E-state index contributed by atoms with van der Waals surface area (Å²) in [4.78, 5) is 15.0. The first kappa shape index (κ1) is 13.6. The molecule has 1 aromatic carbocycles. The molecule has 0 saturated carbocycles. The average Bonchev–Trinajstić information content (AvgIpc) is 2.77. The molecule has 19 heavy (non-hydrogen) atoms. The lowest BCUT2D eigenvalue weighted by atomic mass is 10.2. The van der Waals surface area contributed by atoms with E-state index in [9.17, 15) is 4.79 Å². The smallest absolute Gasteiger partial charge is 0.331 e. The van der Waals surface area contributed by atoms with Gasteiger partial charge >= 0.3 is 5.97 Å². The number of hydrogen-bond acceptors (Lipinski definition) is 4. The molecule has 0 N–H and O–H groups in total. The lowest BCUT2D eigenvalue weighted by molar-refractivity contribution is -0.140. The van der Waals surface area contributed by atoms with Crippen LogP contribution in [0.5, 0.6) is 0 Å². The average molecular weight is 298 g/mol. The van der Waals surface area contributed by atoms with E-state index in [1.165, 1.54) is 13.1 Å². The van der Waals surface area contributed by atoms with E-state index in [4.69, 9.17) is 27.6 Å². The molecule has 2 rings (SSSR count). The van der Waals surface area contributed by atoms with Gasteiger partial charge in [0.05, 0.1) is 5.02 Å². The lowest BCUT2D eigenvalue weighted by Crippen LogP contribution is -1.90. The van der Waals surface area contributed by atoms with E-state index < -0.39 is 5.97 Å². The van der Waals surface area contributed by atoms with Crippen molar-refractivity contribution in [2.45, 2.75) is 6.92 Å². The molecule has 1 aromatic heterocycles. The van der Waals surface area contributed by atoms with Crippen LogP contribution in [0, 0.1) is 0 Å². The summed E-state index contributed by atoms with van der Waals surface area (Å²) in [5.41, 5.74) is 0.721. The number of nitrogens with zero attached hydrogens (tertiary/aromatic N) is 1. The van der Waals surface area contributed by atoms with E-state index in [-0.39, 0.29) is 0 Å². The number of benzene rings is 1. The van der Waals surface area contributed by atoms with Gasteiger partial charge < -0.3 is 9.25 Å². The molecule has 0 radical (unpaired) electrons. The van der Waals surface area contributed by atoms with Crippen LogP contribution >= 0.6 is 23.2 Å². The monoisotopic (exact) mass is 297 g/mol. The molecule has 0 amide bonds. The molecule has 6 heteroatoms. The fourth-order valence-corrected chi connectivity index (χ4v) is 1.91. The molecule has 0 saturated heterocycles. The van der Waals surface area contributed by atoms with Gasteiger partial charge in [-0.3, -0.25) is 0 Å². The zero-order chi connectivity index (χ0) is 13.8. The van der Waals surface area contributed by atoms with Gasteiger partial charge in [0.1, 0.15) is 17.7 Å². The highest BCUT2D eigenvalue weighted by atomic mass is 35.5. The number of hydrogen-bond donors (Lipinski definition) is 0. The summed E-state index contributed by atoms with van der Waals surface area (Å²) in [5, 5.41) is 4.51. The molecule has 0 aliphatic rings. The predicted molar refractivity (Wildman–Crippen MR) is 73.5 cm³/mol. The summed E-state index contributed by atoms with van der Waals surface area (Å²) < 4.78 is 5.50. The van der Waals surface area contributed by atoms with Gasteiger partial charge in [-0.2, -0.15) is 0 Å². The van der Waals surface area contributed by atoms with Crippen LogP contribution in [0.1, 0.15) is 12.7 Å². The fourth-order valence-electron chi connectivity index (χ4n) is 1.41. The Balaban J connectivity index is 2.21. The van der Waals surface area contributed by atoms with Crippen molar-refractivity contribution >= 4 is 35.4 Å². The van der Waals surface area contributed by atoms with E-state index in [1.54, 1.807) is 30.3 Å². The first-order valence-corrected chi connectivity index (χ1v) is 6.08. The third kappa shape index (κ3) is 3.59. The summed E-state index contributed by atoms with van der Waals surface area (Å²) >= 11 is 11.9.